The van der Waals surface area contributed by atoms with Gasteiger partial charge in [0.25, 0.3) is 0 Å². The molecule has 2 aromatic rings. The van der Waals surface area contributed by atoms with Gasteiger partial charge in [-0.15, -0.1) is 10.2 Å². The van der Waals surface area contributed by atoms with Gasteiger partial charge in [-0.05, 0) is 12.1 Å². The Morgan fingerprint density at radius 2 is 1.79 bits per heavy atom. The molecule has 1 fully saturated rings. The highest BCUT2D eigenvalue weighted by molar-refractivity contribution is 6.43. The average molecular weight is 381 g/mol. The van der Waals surface area contributed by atoms with Crippen LogP contribution in [0.3, 0.4) is 0 Å². The predicted octanol–water partition coefficient (Wildman–Crippen LogP) is 3.72. The number of alkyl halides is 3. The summed E-state index contributed by atoms with van der Waals surface area (Å²) in [6, 6.07) is 5.43. The average Bonchev–Trinajstić information content (AvgIpc) is 3.00. The van der Waals surface area contributed by atoms with E-state index in [0.29, 0.717) is 36.2 Å². The van der Waals surface area contributed by atoms with Crippen LogP contribution in [0.4, 0.5) is 18.9 Å². The molecule has 0 saturated carbocycles. The van der Waals surface area contributed by atoms with Gasteiger partial charge < -0.3 is 9.32 Å². The number of rotatable bonds is 3. The predicted molar refractivity (Wildman–Crippen MR) is 83.3 cm³/mol. The van der Waals surface area contributed by atoms with Gasteiger partial charge in [-0.3, -0.25) is 4.90 Å². The summed E-state index contributed by atoms with van der Waals surface area (Å²) in [5.41, 5.74) is 0.848. The summed E-state index contributed by atoms with van der Waals surface area (Å²) in [5.74, 6) is -1.36. The summed E-state index contributed by atoms with van der Waals surface area (Å²) in [5, 5.41) is 7.46. The van der Waals surface area contributed by atoms with Crippen LogP contribution >= 0.6 is 23.2 Å². The van der Waals surface area contributed by atoms with Crippen LogP contribution in [0.15, 0.2) is 22.6 Å². The number of halogens is 5. The van der Waals surface area contributed by atoms with Crippen molar-refractivity contribution in [1.82, 2.24) is 15.1 Å². The second-order valence-corrected chi connectivity index (χ2v) is 6.12. The first-order valence-electron chi connectivity index (χ1n) is 7.15. The van der Waals surface area contributed by atoms with E-state index in [1.54, 1.807) is 6.07 Å². The monoisotopic (exact) mass is 380 g/mol. The SMILES string of the molecule is FC(F)(F)c1nnc(CN2CCN(c3cccc(Cl)c3Cl)CC2)o1. The molecule has 1 saturated heterocycles. The first-order chi connectivity index (χ1) is 11.3. The van der Waals surface area contributed by atoms with E-state index in [-0.39, 0.29) is 12.4 Å². The maximum absolute atomic E-state index is 12.4. The van der Waals surface area contributed by atoms with Crippen LogP contribution in [0.1, 0.15) is 11.8 Å². The lowest BCUT2D eigenvalue weighted by molar-refractivity contribution is -0.157. The van der Waals surface area contributed by atoms with Crippen LogP contribution in [-0.4, -0.2) is 41.3 Å². The molecule has 1 aliphatic heterocycles. The number of piperazine rings is 1. The molecule has 3 rings (SSSR count). The lowest BCUT2D eigenvalue weighted by atomic mass is 10.2. The summed E-state index contributed by atoms with van der Waals surface area (Å²) in [7, 11) is 0. The van der Waals surface area contributed by atoms with Crippen molar-refractivity contribution in [3.05, 3.63) is 40.0 Å². The number of nitrogens with zero attached hydrogens (tertiary/aromatic N) is 4. The Hall–Kier alpha value is -1.51. The standard InChI is InChI=1S/C14H13Cl2F3N4O/c15-9-2-1-3-10(12(9)16)23-6-4-22(5-7-23)8-11-20-21-13(24-11)14(17,18)19/h1-3H,4-8H2. The molecule has 0 spiro atoms. The van der Waals surface area contributed by atoms with Crippen LogP contribution in [-0.2, 0) is 12.7 Å². The second kappa shape index (κ2) is 6.78. The third-order valence-electron chi connectivity index (χ3n) is 3.71. The Labute approximate surface area is 145 Å². The Balaban J connectivity index is 1.59. The van der Waals surface area contributed by atoms with Gasteiger partial charge in [0.15, 0.2) is 0 Å². The number of benzene rings is 1. The van der Waals surface area contributed by atoms with Crippen molar-refractivity contribution in [2.24, 2.45) is 0 Å². The Morgan fingerprint density at radius 1 is 1.08 bits per heavy atom. The van der Waals surface area contributed by atoms with E-state index in [4.69, 9.17) is 23.2 Å². The third kappa shape index (κ3) is 3.76. The molecule has 0 radical (unpaired) electrons. The highest BCUT2D eigenvalue weighted by atomic mass is 35.5. The molecule has 130 valence electrons. The topological polar surface area (TPSA) is 45.4 Å². The zero-order valence-electron chi connectivity index (χ0n) is 12.4. The van der Waals surface area contributed by atoms with Crippen molar-refractivity contribution < 1.29 is 17.6 Å². The summed E-state index contributed by atoms with van der Waals surface area (Å²) in [4.78, 5) is 4.03. The van der Waals surface area contributed by atoms with Gasteiger partial charge in [-0.2, -0.15) is 13.2 Å². The smallest absolute Gasteiger partial charge is 0.416 e. The zero-order chi connectivity index (χ0) is 17.3. The van der Waals surface area contributed by atoms with Crippen molar-refractivity contribution in [2.45, 2.75) is 12.7 Å². The number of hydrogen-bond donors (Lipinski definition) is 0. The van der Waals surface area contributed by atoms with E-state index >= 15 is 0 Å². The van der Waals surface area contributed by atoms with Crippen molar-refractivity contribution in [3.8, 4) is 0 Å². The highest BCUT2D eigenvalue weighted by Crippen LogP contribution is 2.33. The van der Waals surface area contributed by atoms with Crippen molar-refractivity contribution in [3.63, 3.8) is 0 Å². The zero-order valence-corrected chi connectivity index (χ0v) is 13.9. The summed E-state index contributed by atoms with van der Waals surface area (Å²) < 4.78 is 42.0. The van der Waals surface area contributed by atoms with E-state index in [9.17, 15) is 13.2 Å². The minimum Gasteiger partial charge on any atom is -0.416 e. The maximum atomic E-state index is 12.4. The number of aromatic nitrogens is 2. The molecule has 0 N–H and O–H groups in total. The van der Waals surface area contributed by atoms with Crippen molar-refractivity contribution in [1.29, 1.82) is 0 Å². The molecule has 0 unspecified atom stereocenters. The molecule has 0 amide bonds. The molecule has 10 heteroatoms. The third-order valence-corrected chi connectivity index (χ3v) is 4.52. The largest absolute Gasteiger partial charge is 0.470 e. The van der Waals surface area contributed by atoms with E-state index in [2.05, 4.69) is 19.5 Å². The second-order valence-electron chi connectivity index (χ2n) is 5.33. The number of anilines is 1. The Morgan fingerprint density at radius 3 is 2.42 bits per heavy atom. The molecule has 1 aromatic carbocycles. The minimum atomic E-state index is -4.62. The van der Waals surface area contributed by atoms with Crippen LogP contribution in [0, 0.1) is 0 Å². The van der Waals surface area contributed by atoms with Gasteiger partial charge in [0.05, 0.1) is 22.3 Å². The summed E-state index contributed by atoms with van der Waals surface area (Å²) in [6.45, 7) is 2.78. The summed E-state index contributed by atoms with van der Waals surface area (Å²) >= 11 is 12.2. The van der Waals surface area contributed by atoms with Crippen LogP contribution in [0.25, 0.3) is 0 Å². The molecule has 0 atom stereocenters. The van der Waals surface area contributed by atoms with Crippen molar-refractivity contribution in [2.75, 3.05) is 31.1 Å². The molecule has 1 aliphatic rings. The Kier molecular flexibility index (Phi) is 4.89. The van der Waals surface area contributed by atoms with Crippen LogP contribution in [0.2, 0.25) is 10.0 Å². The van der Waals surface area contributed by atoms with Gasteiger partial charge in [-0.25, -0.2) is 0 Å². The highest BCUT2D eigenvalue weighted by Gasteiger charge is 2.38. The van der Waals surface area contributed by atoms with Gasteiger partial charge >= 0.3 is 12.1 Å². The molecule has 24 heavy (non-hydrogen) atoms. The molecule has 1 aromatic heterocycles. The number of hydrogen-bond acceptors (Lipinski definition) is 5. The minimum absolute atomic E-state index is 0.0448. The van der Waals surface area contributed by atoms with E-state index in [1.165, 1.54) is 0 Å². The maximum Gasteiger partial charge on any atom is 0.470 e. The van der Waals surface area contributed by atoms with Gasteiger partial charge in [0.2, 0.25) is 5.89 Å². The fraction of sp³-hybridized carbons (Fsp3) is 0.429. The van der Waals surface area contributed by atoms with E-state index < -0.39 is 12.1 Å². The van der Waals surface area contributed by atoms with Crippen LogP contribution < -0.4 is 4.90 Å². The first-order valence-corrected chi connectivity index (χ1v) is 7.91. The fourth-order valence-electron chi connectivity index (χ4n) is 2.51. The normalized spacial score (nSPS) is 16.6. The summed E-state index contributed by atoms with van der Waals surface area (Å²) in [6.07, 6.45) is -4.62. The van der Waals surface area contributed by atoms with Crippen LogP contribution in [0.5, 0.6) is 0 Å². The fourth-order valence-corrected chi connectivity index (χ4v) is 2.92. The molecule has 2 heterocycles. The molecule has 0 aliphatic carbocycles. The van der Waals surface area contributed by atoms with E-state index in [0.717, 1.165) is 5.69 Å². The van der Waals surface area contributed by atoms with E-state index in [1.807, 2.05) is 17.0 Å². The first kappa shape index (κ1) is 17.3. The lowest BCUT2D eigenvalue weighted by Crippen LogP contribution is -2.46. The molecular weight excluding hydrogens is 368 g/mol. The van der Waals surface area contributed by atoms with Gasteiger partial charge in [-0.1, -0.05) is 29.3 Å². The lowest BCUT2D eigenvalue weighted by Gasteiger charge is -2.35. The van der Waals surface area contributed by atoms with Crippen molar-refractivity contribution >= 4 is 28.9 Å². The quantitative estimate of drug-likeness (QED) is 0.811. The molecule has 0 bridgehead atoms. The van der Waals surface area contributed by atoms with Gasteiger partial charge in [0, 0.05) is 26.2 Å². The van der Waals surface area contributed by atoms with Gasteiger partial charge in [0.1, 0.15) is 0 Å². The Bertz CT molecular complexity index is 714. The molecule has 5 nitrogen and oxygen atoms in total. The molecular formula is C14H13Cl2F3N4O.